The minimum Gasteiger partial charge on any atom is -0.462 e. The van der Waals surface area contributed by atoms with Crippen LogP contribution in [0.15, 0.2) is 11.1 Å². The summed E-state index contributed by atoms with van der Waals surface area (Å²) >= 11 is 0. The molecule has 1 aliphatic rings. The molecule has 17 heavy (non-hydrogen) atoms. The number of carbonyl (C=O) groups is 1. The van der Waals surface area contributed by atoms with Crippen molar-refractivity contribution < 1.29 is 9.53 Å². The minimum absolute atomic E-state index is 0.208. The number of hydrogen-bond acceptors (Lipinski definition) is 4. The number of hydrogen-bond donors (Lipinski definition) is 0. The topological polar surface area (TPSA) is 53.3 Å². The highest BCUT2D eigenvalue weighted by atomic mass is 16.5. The van der Waals surface area contributed by atoms with Gasteiger partial charge in [-0.25, -0.2) is 4.79 Å². The summed E-state index contributed by atoms with van der Waals surface area (Å²) in [4.78, 5) is 13.9. The first-order chi connectivity index (χ1) is 8.01. The van der Waals surface area contributed by atoms with Crippen molar-refractivity contribution in [2.45, 2.75) is 33.2 Å². The van der Waals surface area contributed by atoms with Crippen molar-refractivity contribution in [3.63, 3.8) is 0 Å². The Bertz CT molecular complexity index is 368. The zero-order chi connectivity index (χ0) is 13.0. The monoisotopic (exact) mass is 236 g/mol. The SMILES string of the molecule is CCOC(=O)/C(C#N)=C1/C[C@H](C)N(C)C[C@@H]1C. The fourth-order valence-electron chi connectivity index (χ4n) is 2.20. The molecule has 0 unspecified atom stereocenters. The highest BCUT2D eigenvalue weighted by Gasteiger charge is 2.29. The van der Waals surface area contributed by atoms with Crippen molar-refractivity contribution in [3.05, 3.63) is 11.1 Å². The van der Waals surface area contributed by atoms with Gasteiger partial charge in [0.25, 0.3) is 0 Å². The molecular weight excluding hydrogens is 216 g/mol. The van der Waals surface area contributed by atoms with E-state index in [0.29, 0.717) is 12.6 Å². The van der Waals surface area contributed by atoms with E-state index in [2.05, 4.69) is 18.9 Å². The second-order valence-electron chi connectivity index (χ2n) is 4.63. The first-order valence-electron chi connectivity index (χ1n) is 6.01. The second kappa shape index (κ2) is 5.83. The van der Waals surface area contributed by atoms with Gasteiger partial charge in [0.05, 0.1) is 6.61 Å². The Hall–Kier alpha value is -1.34. The van der Waals surface area contributed by atoms with E-state index in [4.69, 9.17) is 10.00 Å². The molecule has 1 saturated heterocycles. The summed E-state index contributed by atoms with van der Waals surface area (Å²) in [6, 6.07) is 2.37. The largest absolute Gasteiger partial charge is 0.462 e. The highest BCUT2D eigenvalue weighted by molar-refractivity contribution is 5.93. The van der Waals surface area contributed by atoms with Crippen LogP contribution in [0, 0.1) is 17.2 Å². The van der Waals surface area contributed by atoms with Crippen molar-refractivity contribution >= 4 is 5.97 Å². The van der Waals surface area contributed by atoms with E-state index in [-0.39, 0.29) is 11.5 Å². The molecule has 0 aliphatic carbocycles. The summed E-state index contributed by atoms with van der Waals surface area (Å²) in [6.07, 6.45) is 0.763. The van der Waals surface area contributed by atoms with Gasteiger partial charge in [-0.05, 0) is 38.8 Å². The molecular formula is C13H20N2O2. The molecule has 1 aliphatic heterocycles. The van der Waals surface area contributed by atoms with Crippen LogP contribution in [0.2, 0.25) is 0 Å². The number of nitrogens with zero attached hydrogens (tertiary/aromatic N) is 2. The first kappa shape index (κ1) is 13.7. The van der Waals surface area contributed by atoms with Crippen LogP contribution in [-0.4, -0.2) is 37.1 Å². The lowest BCUT2D eigenvalue weighted by molar-refractivity contribution is -0.138. The van der Waals surface area contributed by atoms with Crippen LogP contribution in [0.25, 0.3) is 0 Å². The Morgan fingerprint density at radius 1 is 1.59 bits per heavy atom. The van der Waals surface area contributed by atoms with Gasteiger partial charge < -0.3 is 9.64 Å². The van der Waals surface area contributed by atoms with Crippen molar-refractivity contribution in [2.24, 2.45) is 5.92 Å². The number of rotatable bonds is 2. The van der Waals surface area contributed by atoms with Crippen LogP contribution in [-0.2, 0) is 9.53 Å². The van der Waals surface area contributed by atoms with Crippen molar-refractivity contribution in [1.29, 1.82) is 5.26 Å². The van der Waals surface area contributed by atoms with Crippen molar-refractivity contribution in [3.8, 4) is 6.07 Å². The quantitative estimate of drug-likeness (QED) is 0.416. The van der Waals surface area contributed by atoms with Gasteiger partial charge in [-0.15, -0.1) is 0 Å². The zero-order valence-electron chi connectivity index (χ0n) is 11.0. The lowest BCUT2D eigenvalue weighted by Gasteiger charge is -2.36. The lowest BCUT2D eigenvalue weighted by Crippen LogP contribution is -2.40. The molecule has 94 valence electrons. The normalized spacial score (nSPS) is 28.4. The molecule has 4 heteroatoms. The van der Waals surface area contributed by atoms with Crippen LogP contribution < -0.4 is 0 Å². The molecule has 0 spiro atoms. The molecule has 1 fully saturated rings. The maximum absolute atomic E-state index is 11.7. The highest BCUT2D eigenvalue weighted by Crippen LogP contribution is 2.28. The van der Waals surface area contributed by atoms with Crippen LogP contribution in [0.4, 0.5) is 0 Å². The van der Waals surface area contributed by atoms with E-state index in [1.165, 1.54) is 0 Å². The number of ether oxygens (including phenoxy) is 1. The van der Waals surface area contributed by atoms with Crippen LogP contribution in [0.3, 0.4) is 0 Å². The van der Waals surface area contributed by atoms with Gasteiger partial charge in [0.15, 0.2) is 0 Å². The van der Waals surface area contributed by atoms with Crippen LogP contribution >= 0.6 is 0 Å². The first-order valence-corrected chi connectivity index (χ1v) is 6.01. The van der Waals surface area contributed by atoms with Gasteiger partial charge in [-0.3, -0.25) is 0 Å². The summed E-state index contributed by atoms with van der Waals surface area (Å²) in [5.41, 5.74) is 1.15. The van der Waals surface area contributed by atoms with E-state index in [9.17, 15) is 4.79 Å². The lowest BCUT2D eigenvalue weighted by atomic mass is 9.86. The predicted molar refractivity (Wildman–Crippen MR) is 65.1 cm³/mol. The van der Waals surface area contributed by atoms with Gasteiger partial charge in [0.2, 0.25) is 0 Å². The number of esters is 1. The Labute approximate surface area is 103 Å². The summed E-state index contributed by atoms with van der Waals surface area (Å²) in [5, 5.41) is 9.12. The number of carbonyl (C=O) groups excluding carboxylic acids is 1. The molecule has 0 aromatic carbocycles. The molecule has 1 rings (SSSR count). The van der Waals surface area contributed by atoms with Crippen LogP contribution in [0.1, 0.15) is 27.2 Å². The number of piperidine rings is 1. The summed E-state index contributed by atoms with van der Waals surface area (Å²) in [6.45, 7) is 7.08. The van der Waals surface area contributed by atoms with E-state index in [0.717, 1.165) is 18.5 Å². The third kappa shape index (κ3) is 3.07. The Morgan fingerprint density at radius 3 is 2.76 bits per heavy atom. The van der Waals surface area contributed by atoms with E-state index in [1.807, 2.05) is 13.0 Å². The van der Waals surface area contributed by atoms with Gasteiger partial charge >= 0.3 is 5.97 Å². The van der Waals surface area contributed by atoms with Crippen LogP contribution in [0.5, 0.6) is 0 Å². The van der Waals surface area contributed by atoms with Crippen molar-refractivity contribution in [2.75, 3.05) is 20.2 Å². The maximum Gasteiger partial charge on any atom is 0.348 e. The van der Waals surface area contributed by atoms with Gasteiger partial charge in [-0.2, -0.15) is 5.26 Å². The molecule has 0 amide bonds. The standard InChI is InChI=1S/C13H20N2O2/c1-5-17-13(16)12(7-14)11-6-10(3)15(4)8-9(11)2/h9-10H,5-6,8H2,1-4H3/b12-11-/t9-,10-/m0/s1. The summed E-state index contributed by atoms with van der Waals surface area (Å²) < 4.78 is 4.93. The molecule has 0 bridgehead atoms. The summed E-state index contributed by atoms with van der Waals surface area (Å²) in [7, 11) is 2.06. The Balaban J connectivity index is 3.00. The molecule has 1 heterocycles. The van der Waals surface area contributed by atoms with E-state index >= 15 is 0 Å². The van der Waals surface area contributed by atoms with E-state index in [1.54, 1.807) is 6.92 Å². The Morgan fingerprint density at radius 2 is 2.24 bits per heavy atom. The average molecular weight is 236 g/mol. The third-order valence-electron chi connectivity index (χ3n) is 3.34. The molecule has 4 nitrogen and oxygen atoms in total. The average Bonchev–Trinajstić information content (AvgIpc) is 2.26. The Kier molecular flexibility index (Phi) is 4.71. The van der Waals surface area contributed by atoms with Gasteiger partial charge in [-0.1, -0.05) is 6.92 Å². The predicted octanol–water partition coefficient (Wildman–Crippen LogP) is 1.73. The molecule has 0 radical (unpaired) electrons. The fraction of sp³-hybridized carbons (Fsp3) is 0.692. The molecule has 0 aromatic rings. The second-order valence-corrected chi connectivity index (χ2v) is 4.63. The molecule has 0 aromatic heterocycles. The molecule has 0 N–H and O–H groups in total. The smallest absolute Gasteiger partial charge is 0.348 e. The number of nitriles is 1. The number of likely N-dealkylation sites (tertiary alicyclic amines) is 1. The third-order valence-corrected chi connectivity index (χ3v) is 3.34. The molecule has 2 atom stereocenters. The fourth-order valence-corrected chi connectivity index (χ4v) is 2.20. The van der Waals surface area contributed by atoms with Gasteiger partial charge in [0, 0.05) is 12.6 Å². The van der Waals surface area contributed by atoms with E-state index < -0.39 is 5.97 Å². The van der Waals surface area contributed by atoms with Gasteiger partial charge in [0.1, 0.15) is 11.6 Å². The minimum atomic E-state index is -0.478. The molecule has 0 saturated carbocycles. The maximum atomic E-state index is 11.7. The van der Waals surface area contributed by atoms with Crippen molar-refractivity contribution in [1.82, 2.24) is 4.90 Å². The summed E-state index contributed by atoms with van der Waals surface area (Å²) in [5.74, 6) is -0.246. The zero-order valence-corrected chi connectivity index (χ0v) is 11.0.